The predicted molar refractivity (Wildman–Crippen MR) is 97.9 cm³/mol. The fraction of sp³-hybridized carbons (Fsp3) is 0.500. The number of piperidine rings is 1. The lowest BCUT2D eigenvalue weighted by atomic mass is 10.1. The topological polar surface area (TPSA) is 52.2 Å². The van der Waals surface area contributed by atoms with Gasteiger partial charge in [0.2, 0.25) is 5.91 Å². The molecule has 1 atom stereocenters. The lowest BCUT2D eigenvalue weighted by Gasteiger charge is -2.35. The van der Waals surface area contributed by atoms with E-state index >= 15 is 0 Å². The third-order valence-electron chi connectivity index (χ3n) is 5.62. The molecule has 0 spiro atoms. The second-order valence-corrected chi connectivity index (χ2v) is 7.42. The molecular formula is C20H24F2N4O. The van der Waals surface area contributed by atoms with Crippen LogP contribution in [0.25, 0.3) is 11.4 Å². The first-order valence-corrected chi connectivity index (χ1v) is 9.59. The Morgan fingerprint density at radius 2 is 1.96 bits per heavy atom. The third kappa shape index (κ3) is 3.60. The highest BCUT2D eigenvalue weighted by atomic mass is 19.1. The van der Waals surface area contributed by atoms with Crippen LogP contribution in [-0.4, -0.2) is 51.4 Å². The van der Waals surface area contributed by atoms with Crippen molar-refractivity contribution in [3.63, 3.8) is 0 Å². The van der Waals surface area contributed by atoms with Crippen LogP contribution in [0.4, 0.5) is 8.78 Å². The zero-order chi connectivity index (χ0) is 19.0. The van der Waals surface area contributed by atoms with Crippen LogP contribution in [0.5, 0.6) is 0 Å². The van der Waals surface area contributed by atoms with E-state index in [9.17, 15) is 13.6 Å². The van der Waals surface area contributed by atoms with Gasteiger partial charge in [-0.3, -0.25) is 9.69 Å². The number of amides is 1. The Kier molecular flexibility index (Phi) is 4.95. The molecule has 0 aliphatic carbocycles. The minimum atomic E-state index is -0.633. The van der Waals surface area contributed by atoms with Crippen molar-refractivity contribution in [2.45, 2.75) is 45.2 Å². The number of halogens is 2. The maximum Gasteiger partial charge on any atom is 0.239 e. The number of fused-ring (bicyclic) bond motifs is 1. The number of likely N-dealkylation sites (tertiary alicyclic amines) is 1. The normalized spacial score (nSPS) is 19.0. The molecule has 0 bridgehead atoms. The molecule has 1 aromatic carbocycles. The van der Waals surface area contributed by atoms with Crippen LogP contribution < -0.4 is 0 Å². The number of nitrogens with one attached hydrogen (secondary N) is 1. The smallest absolute Gasteiger partial charge is 0.239 e. The summed E-state index contributed by atoms with van der Waals surface area (Å²) in [6.07, 6.45) is 4.06. The third-order valence-corrected chi connectivity index (χ3v) is 5.62. The molecule has 0 radical (unpaired) electrons. The SMILES string of the molecule is C[C@@H](C(=O)N1CCCCC1)N1CCc2nc(-c3ccc(F)cc3F)[nH]c2C1. The molecule has 2 aliphatic heterocycles. The van der Waals surface area contributed by atoms with Crippen molar-refractivity contribution < 1.29 is 13.6 Å². The van der Waals surface area contributed by atoms with Gasteiger partial charge in [0.05, 0.1) is 23.0 Å². The Labute approximate surface area is 157 Å². The summed E-state index contributed by atoms with van der Waals surface area (Å²) >= 11 is 0. The van der Waals surface area contributed by atoms with Crippen molar-refractivity contribution in [3.05, 3.63) is 41.2 Å². The van der Waals surface area contributed by atoms with Gasteiger partial charge in [0, 0.05) is 38.7 Å². The number of carbonyl (C=O) groups is 1. The van der Waals surface area contributed by atoms with Crippen LogP contribution in [0.2, 0.25) is 0 Å². The molecule has 1 saturated heterocycles. The Morgan fingerprint density at radius 3 is 2.70 bits per heavy atom. The van der Waals surface area contributed by atoms with Gasteiger partial charge in [-0.25, -0.2) is 13.8 Å². The summed E-state index contributed by atoms with van der Waals surface area (Å²) in [6, 6.07) is 3.30. The molecule has 2 aromatic rings. The number of carbonyl (C=O) groups excluding carboxylic acids is 1. The molecule has 7 heteroatoms. The van der Waals surface area contributed by atoms with E-state index in [1.54, 1.807) is 0 Å². The van der Waals surface area contributed by atoms with E-state index in [-0.39, 0.29) is 17.5 Å². The van der Waals surface area contributed by atoms with E-state index < -0.39 is 11.6 Å². The van der Waals surface area contributed by atoms with Crippen LogP contribution in [0.3, 0.4) is 0 Å². The molecule has 4 rings (SSSR count). The molecule has 1 N–H and O–H groups in total. The van der Waals surface area contributed by atoms with Gasteiger partial charge in [-0.05, 0) is 38.3 Å². The van der Waals surface area contributed by atoms with Gasteiger partial charge in [-0.1, -0.05) is 0 Å². The van der Waals surface area contributed by atoms with E-state index in [2.05, 4.69) is 14.9 Å². The van der Waals surface area contributed by atoms with Crippen LogP contribution in [0.1, 0.15) is 37.6 Å². The first-order valence-electron chi connectivity index (χ1n) is 9.59. The van der Waals surface area contributed by atoms with Crippen molar-refractivity contribution in [2.24, 2.45) is 0 Å². The van der Waals surface area contributed by atoms with Gasteiger partial charge >= 0.3 is 0 Å². The van der Waals surface area contributed by atoms with E-state index in [4.69, 9.17) is 0 Å². The predicted octanol–water partition coefficient (Wildman–Crippen LogP) is 3.11. The standard InChI is InChI=1S/C20H24F2N4O/c1-13(20(27)25-8-3-2-4-9-25)26-10-7-17-18(12-26)24-19(23-17)15-6-5-14(21)11-16(15)22/h5-6,11,13H,2-4,7-10,12H2,1H3,(H,23,24)/t13-/m0/s1. The second kappa shape index (κ2) is 7.38. The Balaban J connectivity index is 1.50. The lowest BCUT2D eigenvalue weighted by Crippen LogP contribution is -2.49. The van der Waals surface area contributed by atoms with Crippen molar-refractivity contribution in [3.8, 4) is 11.4 Å². The summed E-state index contributed by atoms with van der Waals surface area (Å²) < 4.78 is 27.2. The Morgan fingerprint density at radius 1 is 1.19 bits per heavy atom. The van der Waals surface area contributed by atoms with E-state index in [1.807, 2.05) is 11.8 Å². The summed E-state index contributed by atoms with van der Waals surface area (Å²) in [5, 5.41) is 0. The first kappa shape index (κ1) is 18.1. The largest absolute Gasteiger partial charge is 0.341 e. The van der Waals surface area contributed by atoms with Crippen LogP contribution in [0, 0.1) is 11.6 Å². The van der Waals surface area contributed by atoms with E-state index in [0.29, 0.717) is 18.8 Å². The van der Waals surface area contributed by atoms with Crippen molar-refractivity contribution in [1.82, 2.24) is 19.8 Å². The molecule has 1 fully saturated rings. The Hall–Kier alpha value is -2.28. The van der Waals surface area contributed by atoms with Gasteiger partial charge in [-0.2, -0.15) is 0 Å². The zero-order valence-electron chi connectivity index (χ0n) is 15.5. The molecule has 2 aliphatic rings. The first-order chi connectivity index (χ1) is 13.0. The number of H-pyrrole nitrogens is 1. The molecule has 1 amide bonds. The molecule has 0 unspecified atom stereocenters. The number of benzene rings is 1. The monoisotopic (exact) mass is 374 g/mol. The van der Waals surface area contributed by atoms with Gasteiger partial charge in [-0.15, -0.1) is 0 Å². The second-order valence-electron chi connectivity index (χ2n) is 7.42. The number of hydrogen-bond donors (Lipinski definition) is 1. The molecule has 0 saturated carbocycles. The summed E-state index contributed by atoms with van der Waals surface area (Å²) in [4.78, 5) is 24.6. The average molecular weight is 374 g/mol. The molecule has 1 aromatic heterocycles. The number of aromatic nitrogens is 2. The van der Waals surface area contributed by atoms with Crippen molar-refractivity contribution >= 4 is 5.91 Å². The molecule has 27 heavy (non-hydrogen) atoms. The number of hydrogen-bond acceptors (Lipinski definition) is 3. The summed E-state index contributed by atoms with van der Waals surface area (Å²) in [5.74, 6) is -0.646. The minimum absolute atomic E-state index is 0.183. The maximum atomic E-state index is 14.1. The van der Waals surface area contributed by atoms with Crippen molar-refractivity contribution in [2.75, 3.05) is 19.6 Å². The average Bonchev–Trinajstić information content (AvgIpc) is 3.10. The van der Waals surface area contributed by atoms with Gasteiger partial charge in [0.15, 0.2) is 0 Å². The summed E-state index contributed by atoms with van der Waals surface area (Å²) in [5.41, 5.74) is 2.05. The van der Waals surface area contributed by atoms with Gasteiger partial charge in [0.25, 0.3) is 0 Å². The molecule has 5 nitrogen and oxygen atoms in total. The lowest BCUT2D eigenvalue weighted by molar-refractivity contribution is -0.137. The molecule has 144 valence electrons. The van der Waals surface area contributed by atoms with Crippen LogP contribution >= 0.6 is 0 Å². The van der Waals surface area contributed by atoms with Crippen molar-refractivity contribution in [1.29, 1.82) is 0 Å². The molecular weight excluding hydrogens is 350 g/mol. The van der Waals surface area contributed by atoms with Crippen LogP contribution in [-0.2, 0) is 17.8 Å². The van der Waals surface area contributed by atoms with E-state index in [0.717, 1.165) is 49.9 Å². The van der Waals surface area contributed by atoms with Gasteiger partial charge in [0.1, 0.15) is 17.5 Å². The Bertz CT molecular complexity index is 845. The number of aromatic amines is 1. The number of nitrogens with zero attached hydrogens (tertiary/aromatic N) is 3. The highest BCUT2D eigenvalue weighted by Gasteiger charge is 2.30. The quantitative estimate of drug-likeness (QED) is 0.898. The van der Waals surface area contributed by atoms with Crippen LogP contribution in [0.15, 0.2) is 18.2 Å². The highest BCUT2D eigenvalue weighted by Crippen LogP contribution is 2.26. The summed E-state index contributed by atoms with van der Waals surface area (Å²) in [7, 11) is 0. The summed E-state index contributed by atoms with van der Waals surface area (Å²) in [6.45, 7) is 4.97. The number of rotatable bonds is 3. The highest BCUT2D eigenvalue weighted by molar-refractivity contribution is 5.81. The molecule has 3 heterocycles. The maximum absolute atomic E-state index is 14.1. The zero-order valence-corrected chi connectivity index (χ0v) is 15.5. The number of imidazole rings is 1. The fourth-order valence-corrected chi connectivity index (χ4v) is 3.99. The van der Waals surface area contributed by atoms with Gasteiger partial charge < -0.3 is 9.88 Å². The fourth-order valence-electron chi connectivity index (χ4n) is 3.99. The van der Waals surface area contributed by atoms with E-state index in [1.165, 1.54) is 18.6 Å². The minimum Gasteiger partial charge on any atom is -0.341 e.